The zero-order valence-electron chi connectivity index (χ0n) is 17.3. The summed E-state index contributed by atoms with van der Waals surface area (Å²) in [7, 11) is 0. The number of aryl methyl sites for hydroxylation is 1. The SMILES string of the molecule is CC(C)=CCC[C@@H](C)CN1CCCn2nc(CNC(=O)C3CCC3)cc2C1. The monoisotopic (exact) mass is 372 g/mol. The van der Waals surface area contributed by atoms with E-state index in [2.05, 4.69) is 47.8 Å². The molecule has 1 aromatic rings. The highest BCUT2D eigenvalue weighted by Gasteiger charge is 2.25. The van der Waals surface area contributed by atoms with Crippen molar-refractivity contribution in [3.05, 3.63) is 29.1 Å². The number of carbonyl (C=O) groups is 1. The Hall–Kier alpha value is -1.62. The first-order valence-electron chi connectivity index (χ1n) is 10.7. The van der Waals surface area contributed by atoms with Crippen LogP contribution in [0.5, 0.6) is 0 Å². The summed E-state index contributed by atoms with van der Waals surface area (Å²) in [6, 6.07) is 2.19. The number of aromatic nitrogens is 2. The fourth-order valence-corrected chi connectivity index (χ4v) is 4.01. The summed E-state index contributed by atoms with van der Waals surface area (Å²) in [4.78, 5) is 14.6. The molecule has 1 aliphatic carbocycles. The number of fused-ring (bicyclic) bond motifs is 1. The Labute approximate surface area is 164 Å². The van der Waals surface area contributed by atoms with Gasteiger partial charge in [-0.3, -0.25) is 14.4 Å². The van der Waals surface area contributed by atoms with Crippen LogP contribution >= 0.6 is 0 Å². The third-order valence-electron chi connectivity index (χ3n) is 5.85. The van der Waals surface area contributed by atoms with Crippen LogP contribution in [-0.4, -0.2) is 33.7 Å². The zero-order chi connectivity index (χ0) is 19.2. The number of allylic oxidation sites excluding steroid dienone is 2. The highest BCUT2D eigenvalue weighted by molar-refractivity contribution is 5.79. The van der Waals surface area contributed by atoms with Crippen LogP contribution in [0, 0.1) is 11.8 Å². The van der Waals surface area contributed by atoms with E-state index in [-0.39, 0.29) is 11.8 Å². The molecule has 5 heteroatoms. The number of nitrogens with zero attached hydrogens (tertiary/aromatic N) is 3. The van der Waals surface area contributed by atoms with Crippen LogP contribution in [0.4, 0.5) is 0 Å². The van der Waals surface area contributed by atoms with Gasteiger partial charge in [-0.2, -0.15) is 5.10 Å². The zero-order valence-corrected chi connectivity index (χ0v) is 17.3. The van der Waals surface area contributed by atoms with Gasteiger partial charge in [0.25, 0.3) is 0 Å². The van der Waals surface area contributed by atoms with Gasteiger partial charge in [0, 0.05) is 32.1 Å². The predicted octanol–water partition coefficient (Wildman–Crippen LogP) is 3.89. The van der Waals surface area contributed by atoms with Crippen molar-refractivity contribution in [3.8, 4) is 0 Å². The van der Waals surface area contributed by atoms with Gasteiger partial charge in [0.1, 0.15) is 0 Å². The Kier molecular flexibility index (Phi) is 7.11. The molecule has 1 atom stereocenters. The van der Waals surface area contributed by atoms with E-state index in [9.17, 15) is 4.79 Å². The largest absolute Gasteiger partial charge is 0.350 e. The highest BCUT2D eigenvalue weighted by atomic mass is 16.1. The van der Waals surface area contributed by atoms with Crippen LogP contribution in [0.2, 0.25) is 0 Å². The average Bonchev–Trinajstić information content (AvgIpc) is 2.83. The van der Waals surface area contributed by atoms with E-state index in [1.165, 1.54) is 30.5 Å². The van der Waals surface area contributed by atoms with Crippen LogP contribution in [0.25, 0.3) is 0 Å². The molecule has 27 heavy (non-hydrogen) atoms. The lowest BCUT2D eigenvalue weighted by Gasteiger charge is -2.24. The molecule has 1 N–H and O–H groups in total. The van der Waals surface area contributed by atoms with Gasteiger partial charge in [0.15, 0.2) is 0 Å². The second kappa shape index (κ2) is 9.54. The van der Waals surface area contributed by atoms with Crippen LogP contribution in [0.3, 0.4) is 0 Å². The van der Waals surface area contributed by atoms with Gasteiger partial charge in [-0.25, -0.2) is 0 Å². The van der Waals surface area contributed by atoms with Gasteiger partial charge < -0.3 is 5.32 Å². The third kappa shape index (κ3) is 5.93. The Balaban J connectivity index is 1.49. The molecule has 1 aromatic heterocycles. The first-order valence-corrected chi connectivity index (χ1v) is 10.7. The summed E-state index contributed by atoms with van der Waals surface area (Å²) in [5.41, 5.74) is 3.70. The lowest BCUT2D eigenvalue weighted by molar-refractivity contribution is -0.127. The minimum Gasteiger partial charge on any atom is -0.350 e. The van der Waals surface area contributed by atoms with Gasteiger partial charge in [-0.05, 0) is 57.9 Å². The van der Waals surface area contributed by atoms with E-state index >= 15 is 0 Å². The Bertz CT molecular complexity index is 655. The summed E-state index contributed by atoms with van der Waals surface area (Å²) < 4.78 is 2.15. The van der Waals surface area contributed by atoms with Gasteiger partial charge in [-0.15, -0.1) is 0 Å². The van der Waals surface area contributed by atoms with E-state index in [0.29, 0.717) is 12.5 Å². The van der Waals surface area contributed by atoms with Gasteiger partial charge >= 0.3 is 0 Å². The van der Waals surface area contributed by atoms with E-state index < -0.39 is 0 Å². The van der Waals surface area contributed by atoms with E-state index in [4.69, 9.17) is 5.10 Å². The maximum absolute atomic E-state index is 12.0. The van der Waals surface area contributed by atoms with Gasteiger partial charge in [0.2, 0.25) is 5.91 Å². The van der Waals surface area contributed by atoms with Crippen molar-refractivity contribution in [1.82, 2.24) is 20.0 Å². The van der Waals surface area contributed by atoms with Crippen molar-refractivity contribution in [2.75, 3.05) is 13.1 Å². The minimum absolute atomic E-state index is 0.205. The summed E-state index contributed by atoms with van der Waals surface area (Å²) >= 11 is 0. The lowest BCUT2D eigenvalue weighted by atomic mass is 9.85. The summed E-state index contributed by atoms with van der Waals surface area (Å²) in [6.45, 7) is 11.5. The van der Waals surface area contributed by atoms with E-state index in [0.717, 1.165) is 51.1 Å². The van der Waals surface area contributed by atoms with Crippen molar-refractivity contribution in [3.63, 3.8) is 0 Å². The van der Waals surface area contributed by atoms with Crippen molar-refractivity contribution in [2.24, 2.45) is 11.8 Å². The topological polar surface area (TPSA) is 50.2 Å². The molecule has 0 aromatic carbocycles. The Morgan fingerprint density at radius 1 is 1.33 bits per heavy atom. The molecular formula is C22H36N4O. The molecule has 0 saturated heterocycles. The van der Waals surface area contributed by atoms with Crippen molar-refractivity contribution in [1.29, 1.82) is 0 Å². The normalized spacial score (nSPS) is 18.9. The predicted molar refractivity (Wildman–Crippen MR) is 109 cm³/mol. The maximum atomic E-state index is 12.0. The fraction of sp³-hybridized carbons (Fsp3) is 0.727. The molecule has 0 unspecified atom stereocenters. The first kappa shape index (κ1) is 20.1. The average molecular weight is 373 g/mol. The molecule has 1 fully saturated rings. The standard InChI is InChI=1S/C22H36N4O/c1-17(2)7-4-8-18(3)15-25-11-6-12-26-21(16-25)13-20(24-26)14-23-22(27)19-9-5-10-19/h7,13,18-19H,4-6,8-12,14-16H2,1-3H3,(H,23,27)/t18-/m1/s1. The molecule has 3 rings (SSSR count). The Morgan fingerprint density at radius 3 is 2.85 bits per heavy atom. The number of carbonyl (C=O) groups excluding carboxylic acids is 1. The Morgan fingerprint density at radius 2 is 2.15 bits per heavy atom. The highest BCUT2D eigenvalue weighted by Crippen LogP contribution is 2.26. The van der Waals surface area contributed by atoms with Crippen molar-refractivity contribution >= 4 is 5.91 Å². The first-order chi connectivity index (χ1) is 13.0. The van der Waals surface area contributed by atoms with Crippen LogP contribution < -0.4 is 5.32 Å². The molecule has 2 heterocycles. The lowest BCUT2D eigenvalue weighted by Crippen LogP contribution is -2.34. The summed E-state index contributed by atoms with van der Waals surface area (Å²) in [5, 5.41) is 7.80. The maximum Gasteiger partial charge on any atom is 0.223 e. The van der Waals surface area contributed by atoms with Gasteiger partial charge in [0.05, 0.1) is 17.9 Å². The van der Waals surface area contributed by atoms with Crippen molar-refractivity contribution < 1.29 is 4.79 Å². The fourth-order valence-electron chi connectivity index (χ4n) is 4.01. The van der Waals surface area contributed by atoms with Crippen molar-refractivity contribution in [2.45, 2.75) is 78.9 Å². The van der Waals surface area contributed by atoms with E-state index in [1.807, 2.05) is 0 Å². The minimum atomic E-state index is 0.205. The molecule has 2 aliphatic rings. The summed E-state index contributed by atoms with van der Waals surface area (Å²) in [5.74, 6) is 1.15. The number of nitrogens with one attached hydrogen (secondary N) is 1. The molecular weight excluding hydrogens is 336 g/mol. The smallest absolute Gasteiger partial charge is 0.223 e. The molecule has 0 bridgehead atoms. The number of amides is 1. The molecule has 1 aliphatic heterocycles. The second-order valence-electron chi connectivity index (χ2n) is 8.75. The third-order valence-corrected chi connectivity index (χ3v) is 5.85. The van der Waals surface area contributed by atoms with Gasteiger partial charge in [-0.1, -0.05) is 25.0 Å². The van der Waals surface area contributed by atoms with Crippen LogP contribution in [-0.2, 0) is 24.4 Å². The quantitative estimate of drug-likeness (QED) is 0.705. The van der Waals surface area contributed by atoms with E-state index in [1.54, 1.807) is 0 Å². The van der Waals surface area contributed by atoms with Crippen LogP contribution in [0.1, 0.15) is 70.7 Å². The molecule has 1 amide bonds. The molecule has 1 saturated carbocycles. The number of hydrogen-bond donors (Lipinski definition) is 1. The second-order valence-corrected chi connectivity index (χ2v) is 8.75. The molecule has 5 nitrogen and oxygen atoms in total. The molecule has 150 valence electrons. The number of rotatable bonds is 8. The molecule has 0 spiro atoms. The molecule has 0 radical (unpaired) electrons. The summed E-state index contributed by atoms with van der Waals surface area (Å²) in [6.07, 6.45) is 9.21. The number of hydrogen-bond acceptors (Lipinski definition) is 3. The van der Waals surface area contributed by atoms with Crippen LogP contribution in [0.15, 0.2) is 17.7 Å².